The molecule has 4 rings (SSSR count). The van der Waals surface area contributed by atoms with Crippen molar-refractivity contribution < 1.29 is 22.4 Å². The Morgan fingerprint density at radius 1 is 1.06 bits per heavy atom. The van der Waals surface area contributed by atoms with E-state index in [4.69, 9.17) is 0 Å². The average Bonchev–Trinajstić information content (AvgIpc) is 3.35. The van der Waals surface area contributed by atoms with Crippen LogP contribution >= 0.6 is 27.3 Å². The average molecular weight is 523 g/mol. The van der Waals surface area contributed by atoms with Crippen molar-refractivity contribution in [2.24, 2.45) is 0 Å². The fraction of sp³-hybridized carbons (Fsp3) is 0.143. The van der Waals surface area contributed by atoms with E-state index < -0.39 is 33.7 Å². The summed E-state index contributed by atoms with van der Waals surface area (Å²) in [4.78, 5) is 27.5. The van der Waals surface area contributed by atoms with Gasteiger partial charge in [-0.3, -0.25) is 9.59 Å². The summed E-state index contributed by atoms with van der Waals surface area (Å²) in [5.74, 6) is -1.67. The first kappa shape index (κ1) is 21.8. The highest BCUT2D eigenvalue weighted by Crippen LogP contribution is 2.31. The fourth-order valence-corrected chi connectivity index (χ4v) is 5.97. The van der Waals surface area contributed by atoms with Crippen molar-refractivity contribution in [2.75, 3.05) is 4.90 Å². The Morgan fingerprint density at radius 3 is 2.35 bits per heavy atom. The van der Waals surface area contributed by atoms with Crippen LogP contribution in [0.3, 0.4) is 0 Å². The molecule has 3 aromatic rings. The summed E-state index contributed by atoms with van der Waals surface area (Å²) >= 11 is 4.65. The summed E-state index contributed by atoms with van der Waals surface area (Å²) < 4.78 is 42.0. The second-order valence-corrected chi connectivity index (χ2v) is 10.7. The SMILES string of the molecule is O=C1CC(N(Cc2cccs2)S(=O)(=O)c2ccc(F)cc2)C(=O)N1c1ccc(Br)cc1. The summed E-state index contributed by atoms with van der Waals surface area (Å²) in [7, 11) is -4.18. The smallest absolute Gasteiger partial charge is 0.252 e. The second-order valence-electron chi connectivity index (χ2n) is 6.85. The monoisotopic (exact) mass is 522 g/mol. The van der Waals surface area contributed by atoms with Gasteiger partial charge in [-0.1, -0.05) is 22.0 Å². The van der Waals surface area contributed by atoms with Crippen LogP contribution < -0.4 is 4.90 Å². The van der Waals surface area contributed by atoms with Crippen LogP contribution in [0, 0.1) is 5.82 Å². The van der Waals surface area contributed by atoms with Gasteiger partial charge in [0.1, 0.15) is 11.9 Å². The van der Waals surface area contributed by atoms with Crippen LogP contribution in [0.15, 0.2) is 75.4 Å². The normalized spacial score (nSPS) is 17.0. The van der Waals surface area contributed by atoms with Gasteiger partial charge in [0.05, 0.1) is 17.0 Å². The van der Waals surface area contributed by atoms with Crippen molar-refractivity contribution in [3.05, 3.63) is 81.2 Å². The Kier molecular flexibility index (Phi) is 6.07. The van der Waals surface area contributed by atoms with Crippen molar-refractivity contribution in [3.8, 4) is 0 Å². The van der Waals surface area contributed by atoms with E-state index in [9.17, 15) is 22.4 Å². The topological polar surface area (TPSA) is 74.8 Å². The molecule has 2 amide bonds. The Hall–Kier alpha value is -2.40. The van der Waals surface area contributed by atoms with E-state index in [-0.39, 0.29) is 17.9 Å². The number of carbonyl (C=O) groups is 2. The number of halogens is 2. The Morgan fingerprint density at radius 2 is 1.74 bits per heavy atom. The largest absolute Gasteiger partial charge is 0.274 e. The van der Waals surface area contributed by atoms with Gasteiger partial charge in [0, 0.05) is 15.9 Å². The predicted molar refractivity (Wildman–Crippen MR) is 118 cm³/mol. The zero-order valence-electron chi connectivity index (χ0n) is 15.9. The van der Waals surface area contributed by atoms with Crippen LogP contribution in [0.5, 0.6) is 0 Å². The molecule has 2 aromatic carbocycles. The second kappa shape index (κ2) is 8.62. The van der Waals surface area contributed by atoms with Crippen LogP contribution in [0.4, 0.5) is 10.1 Å². The minimum atomic E-state index is -4.18. The van der Waals surface area contributed by atoms with Gasteiger partial charge in [-0.2, -0.15) is 4.31 Å². The van der Waals surface area contributed by atoms with Gasteiger partial charge in [-0.25, -0.2) is 17.7 Å². The summed E-state index contributed by atoms with van der Waals surface area (Å²) in [6.07, 6.45) is -0.277. The number of hydrogen-bond acceptors (Lipinski definition) is 5. The molecule has 1 fully saturated rings. The lowest BCUT2D eigenvalue weighted by molar-refractivity contribution is -0.122. The van der Waals surface area contributed by atoms with Crippen molar-refractivity contribution in [1.82, 2.24) is 4.31 Å². The summed E-state index contributed by atoms with van der Waals surface area (Å²) in [6, 6.07) is 13.3. The number of hydrogen-bond donors (Lipinski definition) is 0. The molecule has 1 aliphatic rings. The van der Waals surface area contributed by atoms with Gasteiger partial charge >= 0.3 is 0 Å². The van der Waals surface area contributed by atoms with Gasteiger partial charge in [0.2, 0.25) is 15.9 Å². The van der Waals surface area contributed by atoms with Crippen LogP contribution in [0.1, 0.15) is 11.3 Å². The molecule has 0 radical (unpaired) electrons. The van der Waals surface area contributed by atoms with E-state index in [1.54, 1.807) is 41.8 Å². The highest BCUT2D eigenvalue weighted by molar-refractivity contribution is 9.10. The third kappa shape index (κ3) is 4.33. The number of nitrogens with zero attached hydrogens (tertiary/aromatic N) is 2. The summed E-state index contributed by atoms with van der Waals surface area (Å²) in [5, 5.41) is 1.80. The molecule has 0 saturated carbocycles. The molecular formula is C21H16BrFN2O4S2. The maximum Gasteiger partial charge on any atom is 0.252 e. The molecule has 0 bridgehead atoms. The molecule has 10 heteroatoms. The first-order chi connectivity index (χ1) is 14.8. The van der Waals surface area contributed by atoms with Gasteiger partial charge in [0.15, 0.2) is 0 Å². The van der Waals surface area contributed by atoms with Crippen LogP contribution in [0.2, 0.25) is 0 Å². The van der Waals surface area contributed by atoms with Gasteiger partial charge < -0.3 is 0 Å². The highest BCUT2D eigenvalue weighted by Gasteiger charge is 2.47. The predicted octanol–water partition coefficient (Wildman–Crippen LogP) is 4.17. The molecule has 6 nitrogen and oxygen atoms in total. The number of thiophene rings is 1. The number of imide groups is 1. The van der Waals surface area contributed by atoms with E-state index in [1.807, 2.05) is 0 Å². The van der Waals surface area contributed by atoms with Crippen molar-refractivity contribution in [3.63, 3.8) is 0 Å². The van der Waals surface area contributed by atoms with Crippen LogP contribution in [-0.2, 0) is 26.2 Å². The Labute approximate surface area is 191 Å². The zero-order chi connectivity index (χ0) is 22.2. The van der Waals surface area contributed by atoms with Gasteiger partial charge in [0.25, 0.3) is 5.91 Å². The molecule has 1 saturated heterocycles. The van der Waals surface area contributed by atoms with Crippen molar-refractivity contribution in [2.45, 2.75) is 23.9 Å². The lowest BCUT2D eigenvalue weighted by Gasteiger charge is -2.26. The standard InChI is InChI=1S/C21H16BrFN2O4S2/c22-14-3-7-16(8-4-14)25-20(26)12-19(21(25)27)24(13-17-2-1-11-30-17)31(28,29)18-9-5-15(23)6-10-18/h1-11,19H,12-13H2. The zero-order valence-corrected chi connectivity index (χ0v) is 19.2. The summed E-state index contributed by atoms with van der Waals surface area (Å²) in [6.45, 7) is -0.0742. The molecule has 1 aliphatic heterocycles. The third-order valence-corrected chi connectivity index (χ3v) is 8.13. The number of amides is 2. The minimum Gasteiger partial charge on any atom is -0.274 e. The molecule has 1 atom stereocenters. The molecule has 0 aliphatic carbocycles. The van der Waals surface area contributed by atoms with E-state index in [0.29, 0.717) is 10.6 Å². The lowest BCUT2D eigenvalue weighted by Crippen LogP contribution is -2.44. The number of sulfonamides is 1. The van der Waals surface area contributed by atoms with Crippen LogP contribution in [0.25, 0.3) is 0 Å². The molecule has 0 spiro atoms. The van der Waals surface area contributed by atoms with Crippen LogP contribution in [-0.4, -0.2) is 30.6 Å². The maximum absolute atomic E-state index is 13.4. The van der Waals surface area contributed by atoms with Gasteiger partial charge in [-0.05, 0) is 60.0 Å². The van der Waals surface area contributed by atoms with E-state index in [2.05, 4.69) is 15.9 Å². The first-order valence-corrected chi connectivity index (χ1v) is 12.3. The number of benzene rings is 2. The number of rotatable bonds is 6. The molecule has 0 N–H and O–H groups in total. The molecule has 2 heterocycles. The van der Waals surface area contributed by atoms with E-state index in [1.165, 1.54) is 11.3 Å². The van der Waals surface area contributed by atoms with E-state index >= 15 is 0 Å². The molecule has 160 valence electrons. The molecule has 31 heavy (non-hydrogen) atoms. The number of anilines is 1. The molecule has 1 aromatic heterocycles. The van der Waals surface area contributed by atoms with Gasteiger partial charge in [-0.15, -0.1) is 11.3 Å². The van der Waals surface area contributed by atoms with E-state index in [0.717, 1.165) is 37.9 Å². The van der Waals surface area contributed by atoms with Crippen molar-refractivity contribution in [1.29, 1.82) is 0 Å². The fourth-order valence-electron chi connectivity index (χ4n) is 3.36. The molecule has 1 unspecified atom stereocenters. The minimum absolute atomic E-state index is 0.0742. The Balaban J connectivity index is 1.73. The third-order valence-electron chi connectivity index (χ3n) is 4.87. The lowest BCUT2D eigenvalue weighted by atomic mass is 10.2. The first-order valence-electron chi connectivity index (χ1n) is 9.19. The quantitative estimate of drug-likeness (QED) is 0.455. The summed E-state index contributed by atoms with van der Waals surface area (Å²) in [5.41, 5.74) is 0.371. The van der Waals surface area contributed by atoms with Crippen molar-refractivity contribution >= 4 is 54.8 Å². The molecular weight excluding hydrogens is 507 g/mol. The highest BCUT2D eigenvalue weighted by atomic mass is 79.9. The number of carbonyl (C=O) groups excluding carboxylic acids is 2. The Bertz CT molecular complexity index is 1210. The maximum atomic E-state index is 13.4.